The Labute approximate surface area is 192 Å². The monoisotopic (exact) mass is 505 g/mol. The van der Waals surface area contributed by atoms with Gasteiger partial charge in [0.1, 0.15) is 22.9 Å². The summed E-state index contributed by atoms with van der Waals surface area (Å²) in [6.45, 7) is 0.530. The summed E-state index contributed by atoms with van der Waals surface area (Å²) < 4.78 is 38.4. The Morgan fingerprint density at radius 3 is 2.56 bits per heavy atom. The Bertz CT molecular complexity index is 1110. The number of halogens is 3. The second-order valence-corrected chi connectivity index (χ2v) is 8.58. The van der Waals surface area contributed by atoms with E-state index in [1.54, 1.807) is 25.4 Å². The number of benzene rings is 1. The highest BCUT2D eigenvalue weighted by atomic mass is 79.9. The van der Waals surface area contributed by atoms with Gasteiger partial charge in [-0.2, -0.15) is 0 Å². The van der Waals surface area contributed by atoms with E-state index in [2.05, 4.69) is 31.2 Å². The summed E-state index contributed by atoms with van der Waals surface area (Å²) in [5.74, 6) is -0.586. The lowest BCUT2D eigenvalue weighted by atomic mass is 9.86. The maximum atomic E-state index is 13.7. The second-order valence-electron chi connectivity index (χ2n) is 7.79. The van der Waals surface area contributed by atoms with E-state index in [9.17, 15) is 13.6 Å². The maximum Gasteiger partial charge on any atom is 0.251 e. The number of rotatable bonds is 6. The lowest BCUT2D eigenvalue weighted by Gasteiger charge is -2.29. The number of nitrogens with zero attached hydrogens (tertiary/aromatic N) is 2. The molecule has 0 radical (unpaired) electrons. The van der Waals surface area contributed by atoms with Crippen molar-refractivity contribution in [2.24, 2.45) is 5.92 Å². The average Bonchev–Trinajstić information content (AvgIpc) is 2.81. The summed E-state index contributed by atoms with van der Waals surface area (Å²) in [5, 5.41) is 2.88. The summed E-state index contributed by atoms with van der Waals surface area (Å²) in [7, 11) is 1.56. The number of nitrogens with one attached hydrogen (secondary N) is 1. The smallest absolute Gasteiger partial charge is 0.251 e. The number of carbonyl (C=O) groups is 1. The molecule has 6 nitrogen and oxygen atoms in total. The molecule has 2 heterocycles. The summed E-state index contributed by atoms with van der Waals surface area (Å²) in [6.07, 6.45) is 4.96. The third kappa shape index (κ3) is 4.98. The second kappa shape index (κ2) is 9.77. The van der Waals surface area contributed by atoms with Gasteiger partial charge in [-0.1, -0.05) is 0 Å². The minimum absolute atomic E-state index is 0.0267. The van der Waals surface area contributed by atoms with Crippen LogP contribution >= 0.6 is 15.9 Å². The van der Waals surface area contributed by atoms with E-state index in [0.717, 1.165) is 43.3 Å². The normalized spacial score (nSPS) is 18.4. The Balaban J connectivity index is 1.31. The molecule has 1 fully saturated rings. The van der Waals surface area contributed by atoms with Gasteiger partial charge in [-0.05, 0) is 65.7 Å². The number of hydrogen-bond acceptors (Lipinski definition) is 5. The molecule has 4 rings (SSSR count). The van der Waals surface area contributed by atoms with E-state index in [0.29, 0.717) is 29.7 Å². The first kappa shape index (κ1) is 22.4. The molecule has 0 aliphatic heterocycles. The van der Waals surface area contributed by atoms with Gasteiger partial charge in [0.05, 0.1) is 23.7 Å². The molecule has 2 aromatic heterocycles. The first-order chi connectivity index (χ1) is 15.4. The molecule has 1 saturated carbocycles. The van der Waals surface area contributed by atoms with Crippen LogP contribution in [-0.2, 0) is 0 Å². The number of amides is 1. The van der Waals surface area contributed by atoms with Gasteiger partial charge in [0, 0.05) is 29.9 Å². The van der Waals surface area contributed by atoms with E-state index >= 15 is 0 Å². The van der Waals surface area contributed by atoms with Crippen LogP contribution in [-0.4, -0.2) is 35.6 Å². The molecule has 1 aliphatic rings. The van der Waals surface area contributed by atoms with Crippen molar-refractivity contribution in [1.82, 2.24) is 15.3 Å². The van der Waals surface area contributed by atoms with E-state index in [1.807, 2.05) is 6.07 Å². The van der Waals surface area contributed by atoms with Crippen molar-refractivity contribution in [2.45, 2.75) is 31.7 Å². The molecule has 168 valence electrons. The van der Waals surface area contributed by atoms with Crippen LogP contribution in [0.4, 0.5) is 8.78 Å². The third-order valence-corrected chi connectivity index (χ3v) is 6.39. The van der Waals surface area contributed by atoms with Crippen LogP contribution in [0.15, 0.2) is 41.0 Å². The molecule has 0 saturated heterocycles. The zero-order valence-electron chi connectivity index (χ0n) is 17.4. The highest BCUT2D eigenvalue weighted by Crippen LogP contribution is 2.29. The topological polar surface area (TPSA) is 73.3 Å². The number of fused-ring (bicyclic) bond motifs is 1. The number of carbonyl (C=O) groups excluding carboxylic acids is 1. The van der Waals surface area contributed by atoms with Crippen LogP contribution in [0.3, 0.4) is 0 Å². The molecule has 0 atom stereocenters. The van der Waals surface area contributed by atoms with Gasteiger partial charge in [-0.3, -0.25) is 9.78 Å². The van der Waals surface area contributed by atoms with Crippen LogP contribution in [0.1, 0.15) is 36.0 Å². The first-order valence-corrected chi connectivity index (χ1v) is 11.1. The number of pyridine rings is 2. The molecule has 1 aromatic carbocycles. The van der Waals surface area contributed by atoms with Crippen LogP contribution < -0.4 is 14.8 Å². The van der Waals surface area contributed by atoms with Crippen LogP contribution in [0.2, 0.25) is 0 Å². The van der Waals surface area contributed by atoms with E-state index in [-0.39, 0.29) is 16.1 Å². The molecule has 0 bridgehead atoms. The minimum atomic E-state index is -0.799. The molecule has 1 aliphatic carbocycles. The van der Waals surface area contributed by atoms with Crippen molar-refractivity contribution >= 4 is 32.9 Å². The van der Waals surface area contributed by atoms with Crippen molar-refractivity contribution < 1.29 is 23.0 Å². The summed E-state index contributed by atoms with van der Waals surface area (Å²) in [6, 6.07) is 7.41. The van der Waals surface area contributed by atoms with Gasteiger partial charge >= 0.3 is 0 Å². The fraction of sp³-hybridized carbons (Fsp3) is 0.348. The first-order valence-electron chi connectivity index (χ1n) is 10.3. The van der Waals surface area contributed by atoms with Gasteiger partial charge in [-0.25, -0.2) is 13.8 Å². The predicted octanol–water partition coefficient (Wildman–Crippen LogP) is 5.05. The molecule has 1 amide bonds. The summed E-state index contributed by atoms with van der Waals surface area (Å²) in [5.41, 5.74) is 1.36. The van der Waals surface area contributed by atoms with Gasteiger partial charge < -0.3 is 14.8 Å². The average molecular weight is 506 g/mol. The number of ether oxygens (including phenoxy) is 2. The van der Waals surface area contributed by atoms with Crippen molar-refractivity contribution in [3.63, 3.8) is 0 Å². The van der Waals surface area contributed by atoms with Gasteiger partial charge in [0.15, 0.2) is 0 Å². The summed E-state index contributed by atoms with van der Waals surface area (Å²) in [4.78, 5) is 21.1. The Morgan fingerprint density at radius 2 is 1.88 bits per heavy atom. The maximum absolute atomic E-state index is 13.7. The van der Waals surface area contributed by atoms with Gasteiger partial charge in [-0.15, -0.1) is 0 Å². The SMILES string of the molecule is COc1ccc2nccc(OCC3CCC(NC(=O)c4cc(F)c(Br)c(F)c4)CC3)c2n1. The fourth-order valence-corrected chi connectivity index (χ4v) is 4.08. The highest BCUT2D eigenvalue weighted by molar-refractivity contribution is 9.10. The lowest BCUT2D eigenvalue weighted by molar-refractivity contribution is 0.0915. The Kier molecular flexibility index (Phi) is 6.83. The standard InChI is InChI=1S/C23H22BrF2N3O3/c1-31-20-7-6-18-22(29-20)19(8-9-27-18)32-12-13-2-4-15(5-3-13)28-23(30)14-10-16(25)21(24)17(26)11-14/h6-11,13,15H,2-5,12H2,1H3,(H,28,30). The van der Waals surface area contributed by atoms with Crippen LogP contribution in [0.5, 0.6) is 11.6 Å². The van der Waals surface area contributed by atoms with Gasteiger partial charge in [0.25, 0.3) is 5.91 Å². The van der Waals surface area contributed by atoms with Crippen molar-refractivity contribution in [3.05, 3.63) is 58.2 Å². The molecule has 32 heavy (non-hydrogen) atoms. The zero-order chi connectivity index (χ0) is 22.7. The van der Waals surface area contributed by atoms with E-state index in [1.165, 1.54) is 0 Å². The quantitative estimate of drug-likeness (QED) is 0.474. The molecular weight excluding hydrogens is 484 g/mol. The number of hydrogen-bond donors (Lipinski definition) is 1. The minimum Gasteiger partial charge on any atom is -0.491 e. The van der Waals surface area contributed by atoms with Crippen LogP contribution in [0, 0.1) is 17.6 Å². The Morgan fingerprint density at radius 1 is 1.16 bits per heavy atom. The molecule has 1 N–H and O–H groups in total. The molecule has 9 heteroatoms. The van der Waals surface area contributed by atoms with E-state index in [4.69, 9.17) is 9.47 Å². The molecule has 0 unspecified atom stereocenters. The van der Waals surface area contributed by atoms with E-state index < -0.39 is 17.5 Å². The molecule has 3 aromatic rings. The molecular formula is C23H22BrF2N3O3. The van der Waals surface area contributed by atoms with Crippen LogP contribution in [0.25, 0.3) is 11.0 Å². The predicted molar refractivity (Wildman–Crippen MR) is 119 cm³/mol. The highest BCUT2D eigenvalue weighted by Gasteiger charge is 2.24. The van der Waals surface area contributed by atoms with Gasteiger partial charge in [0.2, 0.25) is 5.88 Å². The Hall–Kier alpha value is -2.81. The number of methoxy groups -OCH3 is 1. The zero-order valence-corrected chi connectivity index (χ0v) is 19.0. The van der Waals surface area contributed by atoms with Crippen molar-refractivity contribution in [3.8, 4) is 11.6 Å². The lowest BCUT2D eigenvalue weighted by Crippen LogP contribution is -2.38. The fourth-order valence-electron chi connectivity index (χ4n) is 3.85. The third-order valence-electron chi connectivity index (χ3n) is 5.63. The summed E-state index contributed by atoms with van der Waals surface area (Å²) >= 11 is 2.81. The number of aromatic nitrogens is 2. The van der Waals surface area contributed by atoms with Crippen molar-refractivity contribution in [2.75, 3.05) is 13.7 Å². The largest absolute Gasteiger partial charge is 0.491 e. The van der Waals surface area contributed by atoms with Crippen molar-refractivity contribution in [1.29, 1.82) is 0 Å². The molecule has 0 spiro atoms.